The molecule has 1 amide bonds. The van der Waals surface area contributed by atoms with Gasteiger partial charge in [0, 0.05) is 24.7 Å². The lowest BCUT2D eigenvalue weighted by atomic mass is 10.1. The third-order valence-corrected chi connectivity index (χ3v) is 4.19. The minimum atomic E-state index is -0.471. The van der Waals surface area contributed by atoms with Crippen molar-refractivity contribution in [3.8, 4) is 0 Å². The first-order valence-corrected chi connectivity index (χ1v) is 8.71. The molecule has 1 atom stereocenters. The van der Waals surface area contributed by atoms with Gasteiger partial charge in [0.1, 0.15) is 0 Å². The molecule has 1 aliphatic heterocycles. The number of esters is 1. The van der Waals surface area contributed by atoms with E-state index in [0.29, 0.717) is 6.54 Å². The first kappa shape index (κ1) is 18.6. The summed E-state index contributed by atoms with van der Waals surface area (Å²) in [6, 6.07) is 9.42. The van der Waals surface area contributed by atoms with Crippen molar-refractivity contribution in [2.24, 2.45) is 5.92 Å². The number of amides is 1. The number of nitrogens with two attached hydrogens (primary N) is 1. The van der Waals surface area contributed by atoms with Crippen molar-refractivity contribution < 1.29 is 14.3 Å². The average molecular weight is 370 g/mol. The van der Waals surface area contributed by atoms with Crippen LogP contribution >= 0.6 is 0 Å². The minimum Gasteiger partial charge on any atom is -0.457 e. The molecular weight excluding hydrogens is 348 g/mol. The van der Waals surface area contributed by atoms with Gasteiger partial charge in [-0.1, -0.05) is 18.2 Å². The highest BCUT2D eigenvalue weighted by Gasteiger charge is 2.36. The Hall–Kier alpha value is -3.23. The van der Waals surface area contributed by atoms with Crippen molar-refractivity contribution in [3.05, 3.63) is 36.2 Å². The summed E-state index contributed by atoms with van der Waals surface area (Å²) in [5.74, 6) is -0.424. The first-order valence-electron chi connectivity index (χ1n) is 8.71. The summed E-state index contributed by atoms with van der Waals surface area (Å²) in [7, 11) is 0. The number of nitrogens with one attached hydrogen (secondary N) is 1. The van der Waals surface area contributed by atoms with Gasteiger partial charge >= 0.3 is 5.97 Å². The highest BCUT2D eigenvalue weighted by Crippen LogP contribution is 2.21. The van der Waals surface area contributed by atoms with E-state index in [1.165, 1.54) is 0 Å². The quantitative estimate of drug-likeness (QED) is 0.733. The fraction of sp³-hybridized carbons (Fsp3) is 0.389. The van der Waals surface area contributed by atoms with Crippen molar-refractivity contribution in [1.82, 2.24) is 19.9 Å². The molecule has 1 aromatic carbocycles. The van der Waals surface area contributed by atoms with E-state index in [-0.39, 0.29) is 42.7 Å². The second kappa shape index (κ2) is 7.98. The summed E-state index contributed by atoms with van der Waals surface area (Å²) < 4.78 is 5.29. The van der Waals surface area contributed by atoms with Crippen LogP contribution in [0.3, 0.4) is 0 Å². The summed E-state index contributed by atoms with van der Waals surface area (Å²) in [5.41, 5.74) is 6.51. The molecule has 0 unspecified atom stereocenters. The number of carbonyl (C=O) groups is 2. The van der Waals surface area contributed by atoms with E-state index in [0.717, 1.165) is 5.69 Å². The normalized spacial score (nSPS) is 16.6. The third-order valence-electron chi connectivity index (χ3n) is 4.19. The van der Waals surface area contributed by atoms with Gasteiger partial charge in [0.2, 0.25) is 17.8 Å². The second-order valence-electron chi connectivity index (χ2n) is 6.57. The molecule has 3 rings (SSSR count). The zero-order valence-corrected chi connectivity index (χ0v) is 15.3. The Labute approximate surface area is 157 Å². The second-order valence-corrected chi connectivity index (χ2v) is 6.57. The van der Waals surface area contributed by atoms with Crippen LogP contribution < -0.4 is 11.1 Å². The average Bonchev–Trinajstić information content (AvgIpc) is 3.02. The number of nitrogens with zero attached hydrogens (tertiary/aromatic N) is 4. The minimum absolute atomic E-state index is 0.0245. The van der Waals surface area contributed by atoms with Gasteiger partial charge in [-0.2, -0.15) is 15.0 Å². The molecule has 27 heavy (non-hydrogen) atoms. The Morgan fingerprint density at radius 1 is 1.30 bits per heavy atom. The van der Waals surface area contributed by atoms with Crippen LogP contribution in [0, 0.1) is 5.92 Å². The molecule has 1 saturated heterocycles. The number of hydrogen-bond acceptors (Lipinski definition) is 8. The standard InChI is InChI=1S/C18H22N6O3/c1-11(2)24-9-12(8-15(24)25)16(26)27-10-14-21-17(19)23-18(22-14)20-13-6-4-3-5-7-13/h3-7,11-12H,8-10H2,1-2H3,(H3,19,20,21,22,23)/t12-/m0/s1. The van der Waals surface area contributed by atoms with Crippen LogP contribution in [-0.4, -0.2) is 44.3 Å². The zero-order chi connectivity index (χ0) is 19.4. The summed E-state index contributed by atoms with van der Waals surface area (Å²) >= 11 is 0. The molecule has 9 nitrogen and oxygen atoms in total. The predicted octanol–water partition coefficient (Wildman–Crippen LogP) is 1.50. The third kappa shape index (κ3) is 4.69. The van der Waals surface area contributed by atoms with Crippen LogP contribution in [-0.2, 0) is 20.9 Å². The number of para-hydroxylation sites is 1. The van der Waals surface area contributed by atoms with Gasteiger partial charge in [-0.25, -0.2) is 0 Å². The van der Waals surface area contributed by atoms with Crippen LogP contribution in [0.1, 0.15) is 26.1 Å². The maximum atomic E-state index is 12.3. The Morgan fingerprint density at radius 2 is 2.04 bits per heavy atom. The van der Waals surface area contributed by atoms with E-state index in [4.69, 9.17) is 10.5 Å². The van der Waals surface area contributed by atoms with Gasteiger partial charge in [0.05, 0.1) is 5.92 Å². The maximum Gasteiger partial charge on any atom is 0.311 e. The highest BCUT2D eigenvalue weighted by molar-refractivity contribution is 5.87. The summed E-state index contributed by atoms with van der Waals surface area (Å²) in [4.78, 5) is 38.1. The fourth-order valence-electron chi connectivity index (χ4n) is 2.85. The molecule has 0 saturated carbocycles. The molecule has 0 bridgehead atoms. The zero-order valence-electron chi connectivity index (χ0n) is 15.3. The molecule has 1 fully saturated rings. The molecule has 1 aliphatic rings. The Balaban J connectivity index is 1.61. The number of likely N-dealkylation sites (tertiary alicyclic amines) is 1. The number of aromatic nitrogens is 3. The first-order chi connectivity index (χ1) is 12.9. The number of anilines is 3. The van der Waals surface area contributed by atoms with E-state index in [1.807, 2.05) is 44.2 Å². The maximum absolute atomic E-state index is 12.3. The van der Waals surface area contributed by atoms with Gasteiger partial charge < -0.3 is 20.7 Å². The Morgan fingerprint density at radius 3 is 2.70 bits per heavy atom. The van der Waals surface area contributed by atoms with Gasteiger partial charge in [0.25, 0.3) is 0 Å². The van der Waals surface area contributed by atoms with Crippen LogP contribution in [0.2, 0.25) is 0 Å². The number of nitrogen functional groups attached to an aromatic ring is 1. The van der Waals surface area contributed by atoms with E-state index >= 15 is 0 Å². The van der Waals surface area contributed by atoms with Crippen molar-refractivity contribution in [2.45, 2.75) is 32.9 Å². The smallest absolute Gasteiger partial charge is 0.311 e. The van der Waals surface area contributed by atoms with Gasteiger partial charge in [-0.05, 0) is 26.0 Å². The Kier molecular flexibility index (Phi) is 5.49. The SMILES string of the molecule is CC(C)N1C[C@@H](C(=O)OCc2nc(N)nc(Nc3ccccc3)n2)CC1=O. The number of hydrogen-bond donors (Lipinski definition) is 2. The molecule has 0 spiro atoms. The monoisotopic (exact) mass is 370 g/mol. The van der Waals surface area contributed by atoms with E-state index < -0.39 is 11.9 Å². The molecule has 2 aromatic rings. The molecule has 0 aliphatic carbocycles. The highest BCUT2D eigenvalue weighted by atomic mass is 16.5. The van der Waals surface area contributed by atoms with Crippen molar-refractivity contribution in [2.75, 3.05) is 17.6 Å². The van der Waals surface area contributed by atoms with Gasteiger partial charge in [0.15, 0.2) is 12.4 Å². The topological polar surface area (TPSA) is 123 Å². The molecular formula is C18H22N6O3. The van der Waals surface area contributed by atoms with Crippen LogP contribution in [0.4, 0.5) is 17.6 Å². The van der Waals surface area contributed by atoms with Gasteiger partial charge in [-0.3, -0.25) is 9.59 Å². The summed E-state index contributed by atoms with van der Waals surface area (Å²) in [6.45, 7) is 4.07. The lowest BCUT2D eigenvalue weighted by Gasteiger charge is -2.20. The van der Waals surface area contributed by atoms with Crippen LogP contribution in [0.25, 0.3) is 0 Å². The van der Waals surface area contributed by atoms with Crippen LogP contribution in [0.5, 0.6) is 0 Å². The number of benzene rings is 1. The van der Waals surface area contributed by atoms with E-state index in [9.17, 15) is 9.59 Å². The summed E-state index contributed by atoms with van der Waals surface area (Å²) in [6.07, 6.45) is 0.164. The number of carbonyl (C=O) groups excluding carboxylic acids is 2. The fourth-order valence-corrected chi connectivity index (χ4v) is 2.85. The Bertz CT molecular complexity index is 827. The molecule has 2 heterocycles. The number of ether oxygens (including phenoxy) is 1. The van der Waals surface area contributed by atoms with E-state index in [2.05, 4.69) is 20.3 Å². The summed E-state index contributed by atoms with van der Waals surface area (Å²) in [5, 5.41) is 3.02. The van der Waals surface area contributed by atoms with Crippen LogP contribution in [0.15, 0.2) is 30.3 Å². The predicted molar refractivity (Wildman–Crippen MR) is 98.7 cm³/mol. The molecule has 9 heteroatoms. The van der Waals surface area contributed by atoms with Crippen molar-refractivity contribution in [1.29, 1.82) is 0 Å². The van der Waals surface area contributed by atoms with Crippen molar-refractivity contribution in [3.63, 3.8) is 0 Å². The van der Waals surface area contributed by atoms with E-state index in [1.54, 1.807) is 4.90 Å². The molecule has 0 radical (unpaired) electrons. The largest absolute Gasteiger partial charge is 0.457 e. The lowest BCUT2D eigenvalue weighted by molar-refractivity contribution is -0.150. The molecule has 142 valence electrons. The lowest BCUT2D eigenvalue weighted by Crippen LogP contribution is -2.33. The van der Waals surface area contributed by atoms with Crippen molar-refractivity contribution >= 4 is 29.5 Å². The molecule has 1 aromatic heterocycles. The van der Waals surface area contributed by atoms with Gasteiger partial charge in [-0.15, -0.1) is 0 Å². The number of rotatable bonds is 6. The molecule has 3 N–H and O–H groups in total.